The summed E-state index contributed by atoms with van der Waals surface area (Å²) in [6, 6.07) is 0. The molecule has 5 nitrogen and oxygen atoms in total. The van der Waals surface area contributed by atoms with Crippen molar-refractivity contribution in [3.05, 3.63) is 12.4 Å². The highest BCUT2D eigenvalue weighted by molar-refractivity contribution is 5.44. The zero-order chi connectivity index (χ0) is 11.4. The lowest BCUT2D eigenvalue weighted by Crippen LogP contribution is -2.38. The third kappa shape index (κ3) is 2.61. The standard InChI is InChI=1S/C11H18N4O/c1-2-13-10-6-12-7-11(14-10)15-5-3-4-9(16)8-15/h6-7,9,16H,2-5,8H2,1H3,(H,13,14). The Hall–Kier alpha value is -1.36. The summed E-state index contributed by atoms with van der Waals surface area (Å²) in [7, 11) is 0. The molecule has 1 aromatic rings. The van der Waals surface area contributed by atoms with Crippen molar-refractivity contribution < 1.29 is 5.11 Å². The van der Waals surface area contributed by atoms with E-state index in [0.717, 1.165) is 37.6 Å². The van der Waals surface area contributed by atoms with Crippen molar-refractivity contribution in [2.45, 2.75) is 25.9 Å². The number of piperidine rings is 1. The minimum atomic E-state index is -0.238. The van der Waals surface area contributed by atoms with Crippen LogP contribution in [0.4, 0.5) is 11.6 Å². The van der Waals surface area contributed by atoms with Crippen LogP contribution < -0.4 is 10.2 Å². The van der Waals surface area contributed by atoms with Crippen molar-refractivity contribution in [3.8, 4) is 0 Å². The average Bonchev–Trinajstić information content (AvgIpc) is 2.30. The van der Waals surface area contributed by atoms with Crippen molar-refractivity contribution in [2.24, 2.45) is 0 Å². The van der Waals surface area contributed by atoms with Gasteiger partial charge in [0.25, 0.3) is 0 Å². The fourth-order valence-corrected chi connectivity index (χ4v) is 1.94. The van der Waals surface area contributed by atoms with Gasteiger partial charge in [-0.25, -0.2) is 4.98 Å². The number of aromatic nitrogens is 2. The van der Waals surface area contributed by atoms with Crippen molar-refractivity contribution in [1.82, 2.24) is 9.97 Å². The van der Waals surface area contributed by atoms with E-state index in [1.54, 1.807) is 12.4 Å². The van der Waals surface area contributed by atoms with Gasteiger partial charge in [0.05, 0.1) is 18.5 Å². The Bertz CT molecular complexity index is 345. The largest absolute Gasteiger partial charge is 0.391 e. The summed E-state index contributed by atoms with van der Waals surface area (Å²) >= 11 is 0. The molecule has 0 aliphatic carbocycles. The van der Waals surface area contributed by atoms with Crippen LogP contribution in [0.15, 0.2) is 12.4 Å². The van der Waals surface area contributed by atoms with Crippen LogP contribution in [0.5, 0.6) is 0 Å². The quantitative estimate of drug-likeness (QED) is 0.794. The zero-order valence-corrected chi connectivity index (χ0v) is 9.56. The monoisotopic (exact) mass is 222 g/mol. The number of aliphatic hydroxyl groups excluding tert-OH is 1. The number of hydrogen-bond acceptors (Lipinski definition) is 5. The minimum Gasteiger partial charge on any atom is -0.391 e. The highest BCUT2D eigenvalue weighted by Gasteiger charge is 2.19. The molecule has 1 atom stereocenters. The van der Waals surface area contributed by atoms with E-state index in [0.29, 0.717) is 6.54 Å². The van der Waals surface area contributed by atoms with Gasteiger partial charge in [0.1, 0.15) is 11.6 Å². The predicted octanol–water partition coefficient (Wildman–Crippen LogP) is 0.869. The SMILES string of the molecule is CCNc1cncc(N2CCCC(O)C2)n1. The minimum absolute atomic E-state index is 0.238. The highest BCUT2D eigenvalue weighted by atomic mass is 16.3. The summed E-state index contributed by atoms with van der Waals surface area (Å²) in [5.41, 5.74) is 0. The van der Waals surface area contributed by atoms with E-state index in [9.17, 15) is 5.11 Å². The molecular weight excluding hydrogens is 204 g/mol. The van der Waals surface area contributed by atoms with Gasteiger partial charge >= 0.3 is 0 Å². The molecule has 88 valence electrons. The molecule has 0 radical (unpaired) electrons. The molecule has 1 aromatic heterocycles. The summed E-state index contributed by atoms with van der Waals surface area (Å²) in [6.45, 7) is 4.46. The maximum absolute atomic E-state index is 9.61. The number of anilines is 2. The Morgan fingerprint density at radius 1 is 1.56 bits per heavy atom. The zero-order valence-electron chi connectivity index (χ0n) is 9.56. The van der Waals surface area contributed by atoms with Gasteiger partial charge in [0, 0.05) is 19.6 Å². The third-order valence-corrected chi connectivity index (χ3v) is 2.70. The maximum atomic E-state index is 9.61. The van der Waals surface area contributed by atoms with Crippen LogP contribution in [-0.2, 0) is 0 Å². The lowest BCUT2D eigenvalue weighted by molar-refractivity contribution is 0.154. The number of aliphatic hydroxyl groups is 1. The van der Waals surface area contributed by atoms with Gasteiger partial charge in [0.2, 0.25) is 0 Å². The average molecular weight is 222 g/mol. The second kappa shape index (κ2) is 5.12. The molecule has 1 aliphatic rings. The van der Waals surface area contributed by atoms with Crippen molar-refractivity contribution in [1.29, 1.82) is 0 Å². The Morgan fingerprint density at radius 3 is 3.19 bits per heavy atom. The summed E-state index contributed by atoms with van der Waals surface area (Å²) in [4.78, 5) is 10.7. The number of hydrogen-bond donors (Lipinski definition) is 2. The molecule has 0 aromatic carbocycles. The molecular formula is C11H18N4O. The molecule has 1 aliphatic heterocycles. The molecule has 0 spiro atoms. The summed E-state index contributed by atoms with van der Waals surface area (Å²) in [5.74, 6) is 1.64. The smallest absolute Gasteiger partial charge is 0.149 e. The van der Waals surface area contributed by atoms with Crippen molar-refractivity contribution in [3.63, 3.8) is 0 Å². The van der Waals surface area contributed by atoms with Gasteiger partial charge in [-0.1, -0.05) is 0 Å². The van der Waals surface area contributed by atoms with Gasteiger partial charge in [-0.15, -0.1) is 0 Å². The molecule has 1 unspecified atom stereocenters. The lowest BCUT2D eigenvalue weighted by atomic mass is 10.1. The number of nitrogens with zero attached hydrogens (tertiary/aromatic N) is 3. The molecule has 5 heteroatoms. The first-order valence-electron chi connectivity index (χ1n) is 5.78. The molecule has 1 fully saturated rings. The lowest BCUT2D eigenvalue weighted by Gasteiger charge is -2.30. The molecule has 2 heterocycles. The highest BCUT2D eigenvalue weighted by Crippen LogP contribution is 2.18. The second-order valence-electron chi connectivity index (χ2n) is 4.03. The number of rotatable bonds is 3. The third-order valence-electron chi connectivity index (χ3n) is 2.70. The number of nitrogens with one attached hydrogen (secondary N) is 1. The molecule has 0 amide bonds. The first-order valence-corrected chi connectivity index (χ1v) is 5.78. The van der Waals surface area contributed by atoms with Crippen LogP contribution in [0.3, 0.4) is 0 Å². The van der Waals surface area contributed by atoms with E-state index in [1.807, 2.05) is 6.92 Å². The van der Waals surface area contributed by atoms with E-state index in [-0.39, 0.29) is 6.10 Å². The second-order valence-corrected chi connectivity index (χ2v) is 4.03. The molecule has 16 heavy (non-hydrogen) atoms. The maximum Gasteiger partial charge on any atom is 0.149 e. The first kappa shape index (κ1) is 11.1. The molecule has 2 rings (SSSR count). The van der Waals surface area contributed by atoms with Gasteiger partial charge < -0.3 is 15.3 Å². The van der Waals surface area contributed by atoms with Gasteiger partial charge in [-0.3, -0.25) is 4.98 Å². The fraction of sp³-hybridized carbons (Fsp3) is 0.636. The van der Waals surface area contributed by atoms with Crippen LogP contribution in [-0.4, -0.2) is 40.8 Å². The first-order chi connectivity index (χ1) is 7.79. The molecule has 0 bridgehead atoms. The Kier molecular flexibility index (Phi) is 3.56. The molecule has 0 saturated carbocycles. The Balaban J connectivity index is 2.09. The van der Waals surface area contributed by atoms with Crippen LogP contribution in [0.1, 0.15) is 19.8 Å². The van der Waals surface area contributed by atoms with E-state index < -0.39 is 0 Å². The van der Waals surface area contributed by atoms with E-state index in [1.165, 1.54) is 0 Å². The summed E-state index contributed by atoms with van der Waals surface area (Å²) in [6.07, 6.45) is 5.12. The van der Waals surface area contributed by atoms with Gasteiger partial charge in [-0.05, 0) is 19.8 Å². The van der Waals surface area contributed by atoms with Crippen LogP contribution in [0, 0.1) is 0 Å². The summed E-state index contributed by atoms with van der Waals surface area (Å²) < 4.78 is 0. The van der Waals surface area contributed by atoms with Crippen LogP contribution in [0.2, 0.25) is 0 Å². The predicted molar refractivity (Wildman–Crippen MR) is 63.6 cm³/mol. The molecule has 2 N–H and O–H groups in total. The van der Waals surface area contributed by atoms with E-state index in [4.69, 9.17) is 0 Å². The number of β-amino-alcohol motifs (C(OH)–C–C–N with tert-alkyl or cyclic N) is 1. The fourth-order valence-electron chi connectivity index (χ4n) is 1.94. The van der Waals surface area contributed by atoms with Crippen LogP contribution in [0.25, 0.3) is 0 Å². The van der Waals surface area contributed by atoms with Crippen molar-refractivity contribution >= 4 is 11.6 Å². The van der Waals surface area contributed by atoms with E-state index >= 15 is 0 Å². The van der Waals surface area contributed by atoms with Crippen LogP contribution >= 0.6 is 0 Å². The Morgan fingerprint density at radius 2 is 2.44 bits per heavy atom. The molecule has 1 saturated heterocycles. The van der Waals surface area contributed by atoms with Gasteiger partial charge in [-0.2, -0.15) is 0 Å². The topological polar surface area (TPSA) is 61.3 Å². The summed E-state index contributed by atoms with van der Waals surface area (Å²) in [5, 5.41) is 12.7. The normalized spacial score (nSPS) is 20.9. The van der Waals surface area contributed by atoms with Crippen molar-refractivity contribution in [2.75, 3.05) is 29.9 Å². The van der Waals surface area contributed by atoms with Gasteiger partial charge in [0.15, 0.2) is 0 Å². The Labute approximate surface area is 95.5 Å². The van der Waals surface area contributed by atoms with E-state index in [2.05, 4.69) is 20.2 Å².